The van der Waals surface area contributed by atoms with Gasteiger partial charge in [0.2, 0.25) is 11.8 Å². The number of amides is 2. The van der Waals surface area contributed by atoms with Crippen LogP contribution in [-0.4, -0.2) is 35.1 Å². The number of carbonyl (C=O) groups excluding carboxylic acids is 2. The quantitative estimate of drug-likeness (QED) is 0.521. The SMILES string of the molecule is CCCNC(=O)[C@H](CC)N(Cc1ccccc1)C(=O)CSCc1c(F)cccc1Cl. The molecule has 7 heteroatoms. The van der Waals surface area contributed by atoms with Gasteiger partial charge in [-0.2, -0.15) is 0 Å². The van der Waals surface area contributed by atoms with Crippen LogP contribution in [0.2, 0.25) is 5.02 Å². The van der Waals surface area contributed by atoms with Crippen LogP contribution >= 0.6 is 23.4 Å². The molecule has 30 heavy (non-hydrogen) atoms. The van der Waals surface area contributed by atoms with Crippen LogP contribution in [0, 0.1) is 5.82 Å². The topological polar surface area (TPSA) is 49.4 Å². The van der Waals surface area contributed by atoms with Gasteiger partial charge in [-0.1, -0.05) is 61.8 Å². The third-order valence-corrected chi connectivity index (χ3v) is 5.96. The van der Waals surface area contributed by atoms with Crippen molar-refractivity contribution in [2.45, 2.75) is 45.0 Å². The van der Waals surface area contributed by atoms with E-state index >= 15 is 0 Å². The minimum absolute atomic E-state index is 0.134. The lowest BCUT2D eigenvalue weighted by Gasteiger charge is -2.30. The highest BCUT2D eigenvalue weighted by molar-refractivity contribution is 7.99. The van der Waals surface area contributed by atoms with Crippen molar-refractivity contribution in [3.8, 4) is 0 Å². The summed E-state index contributed by atoms with van der Waals surface area (Å²) < 4.78 is 14.0. The molecule has 2 amide bonds. The highest BCUT2D eigenvalue weighted by Gasteiger charge is 2.28. The molecule has 0 radical (unpaired) electrons. The number of nitrogens with zero attached hydrogens (tertiary/aromatic N) is 1. The van der Waals surface area contributed by atoms with E-state index in [0.717, 1.165) is 12.0 Å². The number of thioether (sulfide) groups is 1. The Hall–Kier alpha value is -2.05. The average molecular weight is 451 g/mol. The van der Waals surface area contributed by atoms with Crippen LogP contribution in [0.1, 0.15) is 37.8 Å². The van der Waals surface area contributed by atoms with Gasteiger partial charge >= 0.3 is 0 Å². The molecule has 2 aromatic carbocycles. The second kappa shape index (κ2) is 12.6. The third-order valence-electron chi connectivity index (χ3n) is 4.66. The maximum absolute atomic E-state index is 14.0. The molecule has 0 spiro atoms. The zero-order chi connectivity index (χ0) is 21.9. The Morgan fingerprint density at radius 2 is 1.87 bits per heavy atom. The van der Waals surface area contributed by atoms with Crippen molar-refractivity contribution in [1.29, 1.82) is 0 Å². The molecular formula is C23H28ClFN2O2S. The van der Waals surface area contributed by atoms with E-state index in [4.69, 9.17) is 11.6 Å². The Labute approximate surface area is 187 Å². The van der Waals surface area contributed by atoms with Crippen molar-refractivity contribution in [2.24, 2.45) is 0 Å². The fraction of sp³-hybridized carbons (Fsp3) is 0.391. The van der Waals surface area contributed by atoms with Crippen LogP contribution in [-0.2, 0) is 21.9 Å². The van der Waals surface area contributed by atoms with Gasteiger partial charge in [0, 0.05) is 29.4 Å². The zero-order valence-electron chi connectivity index (χ0n) is 17.4. The first-order chi connectivity index (χ1) is 14.5. The molecule has 0 aliphatic rings. The molecule has 0 saturated carbocycles. The molecule has 162 valence electrons. The first kappa shape index (κ1) is 24.2. The monoisotopic (exact) mass is 450 g/mol. The van der Waals surface area contributed by atoms with Crippen molar-refractivity contribution in [2.75, 3.05) is 12.3 Å². The predicted octanol–water partition coefficient (Wildman–Crippen LogP) is 5.05. The first-order valence-electron chi connectivity index (χ1n) is 10.1. The Morgan fingerprint density at radius 3 is 2.50 bits per heavy atom. The average Bonchev–Trinajstić information content (AvgIpc) is 2.74. The normalized spacial score (nSPS) is 11.7. The Morgan fingerprint density at radius 1 is 1.13 bits per heavy atom. The lowest BCUT2D eigenvalue weighted by atomic mass is 10.1. The van der Waals surface area contributed by atoms with Crippen molar-refractivity contribution in [1.82, 2.24) is 10.2 Å². The molecule has 0 aliphatic carbocycles. The van der Waals surface area contributed by atoms with Crippen LogP contribution in [0.25, 0.3) is 0 Å². The fourth-order valence-corrected chi connectivity index (χ4v) is 4.31. The highest BCUT2D eigenvalue weighted by atomic mass is 35.5. The predicted molar refractivity (Wildman–Crippen MR) is 122 cm³/mol. The highest BCUT2D eigenvalue weighted by Crippen LogP contribution is 2.24. The largest absolute Gasteiger partial charge is 0.354 e. The van der Waals surface area contributed by atoms with E-state index in [1.54, 1.807) is 17.0 Å². The number of halogens is 2. The molecule has 0 unspecified atom stereocenters. The van der Waals surface area contributed by atoms with E-state index in [-0.39, 0.29) is 29.1 Å². The van der Waals surface area contributed by atoms with Gasteiger partial charge in [0.25, 0.3) is 0 Å². The standard InChI is InChI=1S/C23H28ClFN2O2S/c1-3-13-26-23(29)21(4-2)27(14-17-9-6-5-7-10-17)22(28)16-30-15-18-19(24)11-8-12-20(18)25/h5-12,21H,3-4,13-16H2,1-2H3,(H,26,29)/t21-/m0/s1. The van der Waals surface area contributed by atoms with E-state index in [1.165, 1.54) is 17.8 Å². The van der Waals surface area contributed by atoms with Gasteiger partial charge in [0.05, 0.1) is 5.75 Å². The Bertz CT molecular complexity index is 815. The van der Waals surface area contributed by atoms with Crippen LogP contribution in [0.5, 0.6) is 0 Å². The number of rotatable bonds is 11. The summed E-state index contributed by atoms with van der Waals surface area (Å²) in [5, 5.41) is 3.24. The molecule has 1 atom stereocenters. The van der Waals surface area contributed by atoms with E-state index in [2.05, 4.69) is 5.32 Å². The van der Waals surface area contributed by atoms with Gasteiger partial charge in [-0.3, -0.25) is 9.59 Å². The van der Waals surface area contributed by atoms with Crippen LogP contribution in [0.15, 0.2) is 48.5 Å². The molecule has 0 saturated heterocycles. The van der Waals surface area contributed by atoms with Gasteiger partial charge in [0.1, 0.15) is 11.9 Å². The van der Waals surface area contributed by atoms with E-state index in [0.29, 0.717) is 30.1 Å². The summed E-state index contributed by atoms with van der Waals surface area (Å²) in [5.74, 6) is -0.265. The summed E-state index contributed by atoms with van der Waals surface area (Å²) in [4.78, 5) is 27.4. The van der Waals surface area contributed by atoms with Gasteiger partial charge in [-0.25, -0.2) is 4.39 Å². The van der Waals surface area contributed by atoms with Crippen molar-refractivity contribution < 1.29 is 14.0 Å². The second-order valence-electron chi connectivity index (χ2n) is 6.92. The summed E-state index contributed by atoms with van der Waals surface area (Å²) in [5.41, 5.74) is 1.34. The van der Waals surface area contributed by atoms with Crippen LogP contribution < -0.4 is 5.32 Å². The maximum atomic E-state index is 14.0. The van der Waals surface area contributed by atoms with Crippen molar-refractivity contribution >= 4 is 35.2 Å². The molecule has 2 rings (SSSR count). The maximum Gasteiger partial charge on any atom is 0.242 e. The minimum Gasteiger partial charge on any atom is -0.354 e. The Kier molecular flexibility index (Phi) is 10.2. The van der Waals surface area contributed by atoms with E-state index in [1.807, 2.05) is 44.2 Å². The number of nitrogens with one attached hydrogen (secondary N) is 1. The summed E-state index contributed by atoms with van der Waals surface area (Å²) in [6, 6.07) is 13.6. The summed E-state index contributed by atoms with van der Waals surface area (Å²) in [6.07, 6.45) is 1.34. The van der Waals surface area contributed by atoms with Crippen molar-refractivity contribution in [3.63, 3.8) is 0 Å². The second-order valence-corrected chi connectivity index (χ2v) is 8.31. The first-order valence-corrected chi connectivity index (χ1v) is 11.6. The summed E-state index contributed by atoms with van der Waals surface area (Å²) >= 11 is 7.37. The van der Waals surface area contributed by atoms with Crippen LogP contribution in [0.4, 0.5) is 4.39 Å². The molecule has 0 aliphatic heterocycles. The molecule has 2 aromatic rings. The van der Waals surface area contributed by atoms with Gasteiger partial charge < -0.3 is 10.2 Å². The summed E-state index contributed by atoms with van der Waals surface area (Å²) in [7, 11) is 0. The van der Waals surface area contributed by atoms with Gasteiger partial charge in [-0.05, 0) is 30.5 Å². The minimum atomic E-state index is -0.554. The van der Waals surface area contributed by atoms with E-state index in [9.17, 15) is 14.0 Å². The number of carbonyl (C=O) groups is 2. The lowest BCUT2D eigenvalue weighted by Crippen LogP contribution is -2.49. The molecular weight excluding hydrogens is 423 g/mol. The Balaban J connectivity index is 2.11. The smallest absolute Gasteiger partial charge is 0.242 e. The molecule has 1 N–H and O–H groups in total. The zero-order valence-corrected chi connectivity index (χ0v) is 18.9. The number of benzene rings is 2. The number of hydrogen-bond donors (Lipinski definition) is 1. The van der Waals surface area contributed by atoms with Gasteiger partial charge in [0.15, 0.2) is 0 Å². The van der Waals surface area contributed by atoms with Gasteiger partial charge in [-0.15, -0.1) is 11.8 Å². The lowest BCUT2D eigenvalue weighted by molar-refractivity contribution is -0.139. The molecule has 0 fully saturated rings. The van der Waals surface area contributed by atoms with Crippen molar-refractivity contribution in [3.05, 3.63) is 70.5 Å². The number of hydrogen-bond acceptors (Lipinski definition) is 3. The fourth-order valence-electron chi connectivity index (χ4n) is 3.06. The molecule has 0 heterocycles. The third kappa shape index (κ3) is 7.03. The van der Waals surface area contributed by atoms with Crippen LogP contribution in [0.3, 0.4) is 0 Å². The molecule has 4 nitrogen and oxygen atoms in total. The molecule has 0 bridgehead atoms. The molecule has 0 aromatic heterocycles. The summed E-state index contributed by atoms with van der Waals surface area (Å²) in [6.45, 7) is 4.80. The van der Waals surface area contributed by atoms with E-state index < -0.39 is 6.04 Å².